The van der Waals surface area contributed by atoms with Crippen LogP contribution < -0.4 is 16.0 Å². The summed E-state index contributed by atoms with van der Waals surface area (Å²) >= 11 is 5.95. The van der Waals surface area contributed by atoms with Crippen molar-refractivity contribution in [1.82, 2.24) is 19.8 Å². The summed E-state index contributed by atoms with van der Waals surface area (Å²) in [5.74, 6) is -2.26. The summed E-state index contributed by atoms with van der Waals surface area (Å²) in [5, 5.41) is 2.85. The molecule has 0 saturated carbocycles. The molecule has 3 atom stereocenters. The van der Waals surface area contributed by atoms with Gasteiger partial charge >= 0.3 is 6.18 Å². The molecule has 2 amide bonds. The molecule has 2 aliphatic rings. The first-order chi connectivity index (χ1) is 18.2. The molecule has 14 heteroatoms. The zero-order chi connectivity index (χ0) is 28.7. The molecule has 2 aliphatic heterocycles. The highest BCUT2D eigenvalue weighted by atomic mass is 35.5. The third-order valence-corrected chi connectivity index (χ3v) is 7.51. The number of carbonyl (C=O) groups excluding carboxylic acids is 2. The van der Waals surface area contributed by atoms with Gasteiger partial charge in [-0.25, -0.2) is 9.97 Å². The van der Waals surface area contributed by atoms with E-state index in [-0.39, 0.29) is 40.7 Å². The first-order valence-electron chi connectivity index (χ1n) is 12.4. The molecule has 39 heavy (non-hydrogen) atoms. The Hall–Kier alpha value is -3.35. The van der Waals surface area contributed by atoms with Crippen LogP contribution in [-0.2, 0) is 15.8 Å². The van der Waals surface area contributed by atoms with Gasteiger partial charge in [0.25, 0.3) is 0 Å². The van der Waals surface area contributed by atoms with E-state index in [4.69, 9.17) is 17.3 Å². The van der Waals surface area contributed by atoms with Gasteiger partial charge in [-0.15, -0.1) is 0 Å². The van der Waals surface area contributed by atoms with E-state index in [9.17, 15) is 27.2 Å². The quantitative estimate of drug-likeness (QED) is 0.528. The lowest BCUT2D eigenvalue weighted by atomic mass is 9.83. The average molecular weight is 572 g/mol. The van der Waals surface area contributed by atoms with Crippen molar-refractivity contribution in [2.45, 2.75) is 43.9 Å². The summed E-state index contributed by atoms with van der Waals surface area (Å²) in [6.07, 6.45) is -2.28. The Morgan fingerprint density at radius 1 is 1.23 bits per heavy atom. The van der Waals surface area contributed by atoms with E-state index in [1.807, 2.05) is 0 Å². The lowest BCUT2D eigenvalue weighted by Crippen LogP contribution is -2.65. The number of nitrogens with two attached hydrogens (primary N) is 1. The molecule has 3 N–H and O–H groups in total. The molecule has 0 aliphatic carbocycles. The number of likely N-dealkylation sites (tertiary alicyclic amines) is 1. The highest BCUT2D eigenvalue weighted by Gasteiger charge is 2.48. The van der Waals surface area contributed by atoms with Crippen LogP contribution in [0.2, 0.25) is 5.02 Å². The first kappa shape index (κ1) is 28.7. The maximum absolute atomic E-state index is 14.8. The second-order valence-corrected chi connectivity index (χ2v) is 10.8. The number of aromatic nitrogens is 2. The number of piperidine rings is 2. The number of halogens is 5. The summed E-state index contributed by atoms with van der Waals surface area (Å²) in [6.45, 7) is 2.34. The highest BCUT2D eigenvalue weighted by Crippen LogP contribution is 2.37. The van der Waals surface area contributed by atoms with Crippen LogP contribution in [0.15, 0.2) is 24.5 Å². The third-order valence-electron chi connectivity index (χ3n) is 7.29. The number of hydrogen-bond acceptors (Lipinski definition) is 7. The van der Waals surface area contributed by atoms with Crippen molar-refractivity contribution in [3.05, 3.63) is 40.9 Å². The normalized spacial score (nSPS) is 24.1. The monoisotopic (exact) mass is 571 g/mol. The molecule has 0 bridgehead atoms. The fourth-order valence-corrected chi connectivity index (χ4v) is 5.59. The van der Waals surface area contributed by atoms with Crippen LogP contribution in [-0.4, -0.2) is 76.9 Å². The fourth-order valence-electron chi connectivity index (χ4n) is 5.36. The van der Waals surface area contributed by atoms with Gasteiger partial charge < -0.3 is 25.8 Å². The van der Waals surface area contributed by atoms with Gasteiger partial charge in [0, 0.05) is 44.4 Å². The molecule has 2 fully saturated rings. The van der Waals surface area contributed by atoms with Crippen LogP contribution in [0, 0.1) is 11.7 Å². The molecular formula is C25H30ClF4N7O2. The molecule has 2 saturated heterocycles. The fraction of sp³-hybridized carbons (Fsp3) is 0.520. The SMILES string of the molecule is CN(C)C(=O)[C@H]1CCN(c2ncnc(N)c2F)C[C@@H]1N1CCC[C@@](C)(Nc2cc(Cl)cc(C(F)(F)F)c2)C1=O. The molecule has 4 rings (SSSR count). The summed E-state index contributed by atoms with van der Waals surface area (Å²) in [4.78, 5) is 39.5. The Kier molecular flexibility index (Phi) is 7.84. The second kappa shape index (κ2) is 10.7. The van der Waals surface area contributed by atoms with Crippen molar-refractivity contribution in [3.63, 3.8) is 0 Å². The first-order valence-corrected chi connectivity index (χ1v) is 12.8. The van der Waals surface area contributed by atoms with E-state index in [0.29, 0.717) is 32.4 Å². The van der Waals surface area contributed by atoms with Gasteiger partial charge in [0.1, 0.15) is 11.9 Å². The number of nitrogen functional groups attached to an aromatic ring is 1. The van der Waals surface area contributed by atoms with Crippen molar-refractivity contribution in [1.29, 1.82) is 0 Å². The van der Waals surface area contributed by atoms with Crippen LogP contribution in [0.5, 0.6) is 0 Å². The summed E-state index contributed by atoms with van der Waals surface area (Å²) in [6, 6.07) is 2.41. The van der Waals surface area contributed by atoms with Gasteiger partial charge in [0.15, 0.2) is 11.6 Å². The Morgan fingerprint density at radius 2 is 1.95 bits per heavy atom. The molecular weight excluding hydrogens is 542 g/mol. The molecule has 0 unspecified atom stereocenters. The minimum absolute atomic E-state index is 0.0211. The van der Waals surface area contributed by atoms with Crippen molar-refractivity contribution in [2.75, 3.05) is 49.7 Å². The number of nitrogens with one attached hydrogen (secondary N) is 1. The zero-order valence-corrected chi connectivity index (χ0v) is 22.5. The number of amides is 2. The van der Waals surface area contributed by atoms with E-state index in [0.717, 1.165) is 18.5 Å². The molecule has 9 nitrogen and oxygen atoms in total. The van der Waals surface area contributed by atoms with Gasteiger partial charge in [-0.2, -0.15) is 17.6 Å². The van der Waals surface area contributed by atoms with Gasteiger partial charge in [-0.05, 0) is 44.4 Å². The lowest BCUT2D eigenvalue weighted by Gasteiger charge is -2.49. The van der Waals surface area contributed by atoms with Gasteiger partial charge in [0.05, 0.1) is 17.5 Å². The lowest BCUT2D eigenvalue weighted by molar-refractivity contribution is -0.146. The van der Waals surface area contributed by atoms with Crippen LogP contribution in [0.3, 0.4) is 0 Å². The third kappa shape index (κ3) is 5.82. The predicted octanol–water partition coefficient (Wildman–Crippen LogP) is 3.65. The molecule has 1 aromatic heterocycles. The van der Waals surface area contributed by atoms with Crippen LogP contribution in [0.1, 0.15) is 31.7 Å². The number of carbonyl (C=O) groups is 2. The number of hydrogen-bond donors (Lipinski definition) is 2. The minimum Gasteiger partial charge on any atom is -0.381 e. The van der Waals surface area contributed by atoms with Crippen LogP contribution in [0.4, 0.5) is 34.9 Å². The maximum Gasteiger partial charge on any atom is 0.416 e. The van der Waals surface area contributed by atoms with E-state index in [2.05, 4.69) is 15.3 Å². The van der Waals surface area contributed by atoms with Gasteiger partial charge in [0.2, 0.25) is 17.6 Å². The Bertz CT molecular complexity index is 1260. The van der Waals surface area contributed by atoms with Crippen LogP contribution in [0.25, 0.3) is 0 Å². The standard InChI is InChI=1S/C25H30ClF4N7O2/c1-24(34-16-10-14(25(28,29)30)9-15(26)11-16)6-4-7-37(23(24)39)18-12-36(8-5-17(18)22(38)35(2)3)21-19(27)20(31)32-13-33-21/h9-11,13,17-18,34H,4-8,12H2,1-3H3,(H2,31,32,33)/t17-,18-,24+/m0/s1. The van der Waals surface area contributed by atoms with Crippen LogP contribution >= 0.6 is 11.6 Å². The minimum atomic E-state index is -4.62. The number of rotatable bonds is 5. The van der Waals surface area contributed by atoms with Crippen molar-refractivity contribution in [3.8, 4) is 0 Å². The molecule has 0 spiro atoms. The van der Waals surface area contributed by atoms with Crippen molar-refractivity contribution in [2.24, 2.45) is 5.92 Å². The van der Waals surface area contributed by atoms with Crippen molar-refractivity contribution < 1.29 is 27.2 Å². The summed E-state index contributed by atoms with van der Waals surface area (Å²) in [7, 11) is 3.25. The van der Waals surface area contributed by atoms with Gasteiger partial charge in [-0.1, -0.05) is 11.6 Å². The molecule has 0 radical (unpaired) electrons. The number of alkyl halides is 3. The second-order valence-electron chi connectivity index (χ2n) is 10.3. The van der Waals surface area contributed by atoms with E-state index in [1.54, 1.807) is 30.8 Å². The summed E-state index contributed by atoms with van der Waals surface area (Å²) in [5.41, 5.74) is 3.47. The van der Waals surface area contributed by atoms with E-state index in [1.165, 1.54) is 11.0 Å². The summed E-state index contributed by atoms with van der Waals surface area (Å²) < 4.78 is 54.9. The Morgan fingerprint density at radius 3 is 2.62 bits per heavy atom. The predicted molar refractivity (Wildman–Crippen MR) is 139 cm³/mol. The molecule has 1 aromatic carbocycles. The highest BCUT2D eigenvalue weighted by molar-refractivity contribution is 6.31. The maximum atomic E-state index is 14.8. The largest absolute Gasteiger partial charge is 0.416 e. The Labute approximate surface area is 228 Å². The van der Waals surface area contributed by atoms with E-state index >= 15 is 0 Å². The van der Waals surface area contributed by atoms with E-state index < -0.39 is 35.1 Å². The molecule has 212 valence electrons. The zero-order valence-electron chi connectivity index (χ0n) is 21.7. The smallest absolute Gasteiger partial charge is 0.381 e. The average Bonchev–Trinajstić information content (AvgIpc) is 2.86. The number of benzene rings is 1. The topological polar surface area (TPSA) is 108 Å². The number of anilines is 3. The molecule has 3 heterocycles. The number of nitrogens with zero attached hydrogens (tertiary/aromatic N) is 5. The van der Waals surface area contributed by atoms with Gasteiger partial charge in [-0.3, -0.25) is 9.59 Å². The molecule has 2 aromatic rings. The Balaban J connectivity index is 1.65. The van der Waals surface area contributed by atoms with Crippen molar-refractivity contribution >= 4 is 40.7 Å².